The van der Waals surface area contributed by atoms with E-state index in [-0.39, 0.29) is 0 Å². The van der Waals surface area contributed by atoms with E-state index in [0.717, 1.165) is 24.3 Å². The highest BCUT2D eigenvalue weighted by Crippen LogP contribution is 2.27. The average Bonchev–Trinajstić information content (AvgIpc) is 2.33. The molecule has 0 aliphatic heterocycles. The number of aryl methyl sites for hydroxylation is 1. The lowest BCUT2D eigenvalue weighted by molar-refractivity contribution is 0.410. The number of rotatable bonds is 6. The van der Waals surface area contributed by atoms with E-state index in [4.69, 9.17) is 4.74 Å². The molecule has 0 atom stereocenters. The lowest BCUT2D eigenvalue weighted by Crippen LogP contribution is -2.23. The Morgan fingerprint density at radius 2 is 2.00 bits per heavy atom. The number of hydrogen-bond donors (Lipinski definition) is 1. The van der Waals surface area contributed by atoms with E-state index in [1.165, 1.54) is 11.1 Å². The van der Waals surface area contributed by atoms with E-state index in [9.17, 15) is 0 Å². The Morgan fingerprint density at radius 3 is 2.61 bits per heavy atom. The zero-order valence-electron chi connectivity index (χ0n) is 12.2. The number of nitrogens with one attached hydrogen (secondary N) is 1. The predicted octanol–water partition coefficient (Wildman–Crippen LogP) is 3.71. The molecule has 0 bridgehead atoms. The fourth-order valence-corrected chi connectivity index (χ4v) is 1.88. The second-order valence-corrected chi connectivity index (χ2v) is 4.93. The Hall–Kier alpha value is -1.28. The van der Waals surface area contributed by atoms with Crippen molar-refractivity contribution < 1.29 is 4.74 Å². The predicted molar refractivity (Wildman–Crippen MR) is 79.3 cm³/mol. The third-order valence-corrected chi connectivity index (χ3v) is 3.07. The minimum Gasteiger partial charge on any atom is -0.496 e. The maximum absolute atomic E-state index is 5.49. The highest BCUT2D eigenvalue weighted by atomic mass is 16.5. The van der Waals surface area contributed by atoms with Crippen LogP contribution in [0.4, 0.5) is 0 Å². The molecule has 1 N–H and O–H groups in total. The summed E-state index contributed by atoms with van der Waals surface area (Å²) in [6.07, 6.45) is 5.38. The summed E-state index contributed by atoms with van der Waals surface area (Å²) in [5.41, 5.74) is 3.65. The third-order valence-electron chi connectivity index (χ3n) is 3.07. The van der Waals surface area contributed by atoms with Gasteiger partial charge in [-0.05, 0) is 37.9 Å². The first-order valence-electron chi connectivity index (χ1n) is 6.60. The van der Waals surface area contributed by atoms with Crippen molar-refractivity contribution in [1.82, 2.24) is 5.32 Å². The molecule has 0 aliphatic carbocycles. The molecule has 0 amide bonds. The van der Waals surface area contributed by atoms with Gasteiger partial charge in [0.15, 0.2) is 0 Å². The summed E-state index contributed by atoms with van der Waals surface area (Å²) in [6.45, 7) is 9.55. The monoisotopic (exact) mass is 247 g/mol. The summed E-state index contributed by atoms with van der Waals surface area (Å²) in [4.78, 5) is 0. The van der Waals surface area contributed by atoms with Gasteiger partial charge in [0.25, 0.3) is 0 Å². The molecule has 1 aromatic carbocycles. The molecule has 100 valence electrons. The van der Waals surface area contributed by atoms with Crippen LogP contribution in [0, 0.1) is 13.8 Å². The summed E-state index contributed by atoms with van der Waals surface area (Å²) in [6, 6.07) is 4.81. The Labute approximate surface area is 111 Å². The Bertz CT molecular complexity index is 408. The van der Waals surface area contributed by atoms with Crippen molar-refractivity contribution in [2.75, 3.05) is 13.7 Å². The smallest absolute Gasteiger partial charge is 0.129 e. The van der Waals surface area contributed by atoms with Gasteiger partial charge in [-0.25, -0.2) is 0 Å². The quantitative estimate of drug-likeness (QED) is 0.774. The topological polar surface area (TPSA) is 21.3 Å². The van der Waals surface area contributed by atoms with E-state index in [1.54, 1.807) is 7.11 Å². The van der Waals surface area contributed by atoms with Crippen molar-refractivity contribution >= 4 is 6.08 Å². The van der Waals surface area contributed by atoms with Crippen LogP contribution in [0.25, 0.3) is 6.08 Å². The summed E-state index contributed by atoms with van der Waals surface area (Å²) >= 11 is 0. The van der Waals surface area contributed by atoms with Crippen molar-refractivity contribution in [3.8, 4) is 5.75 Å². The van der Waals surface area contributed by atoms with Crippen LogP contribution in [0.15, 0.2) is 18.2 Å². The van der Waals surface area contributed by atoms with Gasteiger partial charge in [0.1, 0.15) is 5.75 Å². The van der Waals surface area contributed by atoms with Crippen molar-refractivity contribution in [2.24, 2.45) is 0 Å². The van der Waals surface area contributed by atoms with Crippen LogP contribution in [-0.4, -0.2) is 19.7 Å². The van der Waals surface area contributed by atoms with Crippen LogP contribution in [0.1, 0.15) is 37.0 Å². The van der Waals surface area contributed by atoms with Gasteiger partial charge in [0.05, 0.1) is 7.11 Å². The molecule has 0 fully saturated rings. The first-order valence-corrected chi connectivity index (χ1v) is 6.60. The van der Waals surface area contributed by atoms with Crippen molar-refractivity contribution in [3.05, 3.63) is 34.9 Å². The molecule has 2 nitrogen and oxygen atoms in total. The Kier molecular flexibility index (Phi) is 5.93. The molecule has 0 spiro atoms. The lowest BCUT2D eigenvalue weighted by Gasteiger charge is -2.11. The van der Waals surface area contributed by atoms with Gasteiger partial charge in [0.2, 0.25) is 0 Å². The van der Waals surface area contributed by atoms with Crippen molar-refractivity contribution in [3.63, 3.8) is 0 Å². The minimum absolute atomic E-state index is 0.551. The minimum atomic E-state index is 0.551. The molecule has 0 heterocycles. The normalized spacial score (nSPS) is 11.4. The molecular weight excluding hydrogens is 222 g/mol. The molecular formula is C16H25NO. The van der Waals surface area contributed by atoms with E-state index in [1.807, 2.05) is 0 Å². The molecule has 1 aromatic rings. The first kappa shape index (κ1) is 14.8. The fourth-order valence-electron chi connectivity index (χ4n) is 1.88. The highest BCUT2D eigenvalue weighted by molar-refractivity contribution is 5.61. The molecule has 0 saturated carbocycles. The number of benzene rings is 1. The van der Waals surface area contributed by atoms with Crippen LogP contribution < -0.4 is 10.1 Å². The third kappa shape index (κ3) is 4.19. The van der Waals surface area contributed by atoms with Crippen LogP contribution in [0.2, 0.25) is 0 Å². The summed E-state index contributed by atoms with van der Waals surface area (Å²) in [5.74, 6) is 0.989. The number of hydrogen-bond acceptors (Lipinski definition) is 2. The maximum Gasteiger partial charge on any atom is 0.129 e. The van der Waals surface area contributed by atoms with Gasteiger partial charge in [-0.3, -0.25) is 0 Å². The standard InChI is InChI=1S/C16H25NO/c1-12(2)17-11-7-6-8-15-10-9-13(3)14(4)16(15)18-5/h6,8-10,12,17H,7,11H2,1-5H3/b8-6+. The van der Waals surface area contributed by atoms with Gasteiger partial charge in [-0.2, -0.15) is 0 Å². The summed E-state index contributed by atoms with van der Waals surface area (Å²) in [7, 11) is 1.74. The van der Waals surface area contributed by atoms with Crippen molar-refractivity contribution in [2.45, 2.75) is 40.2 Å². The molecule has 0 aromatic heterocycles. The first-order chi connectivity index (χ1) is 8.56. The van der Waals surface area contributed by atoms with Gasteiger partial charge in [-0.15, -0.1) is 0 Å². The molecule has 0 radical (unpaired) electrons. The van der Waals surface area contributed by atoms with Gasteiger partial charge in [-0.1, -0.05) is 38.1 Å². The van der Waals surface area contributed by atoms with Gasteiger partial charge in [0, 0.05) is 11.6 Å². The number of methoxy groups -OCH3 is 1. The van der Waals surface area contributed by atoms with E-state index in [2.05, 4.69) is 57.3 Å². The molecule has 1 rings (SSSR count). The molecule has 2 heteroatoms. The highest BCUT2D eigenvalue weighted by Gasteiger charge is 2.05. The van der Waals surface area contributed by atoms with E-state index < -0.39 is 0 Å². The largest absolute Gasteiger partial charge is 0.496 e. The van der Waals surface area contributed by atoms with E-state index >= 15 is 0 Å². The zero-order chi connectivity index (χ0) is 13.5. The van der Waals surface area contributed by atoms with Gasteiger partial charge >= 0.3 is 0 Å². The Balaban J connectivity index is 2.67. The SMILES string of the molecule is COc1c(/C=C/CCNC(C)C)ccc(C)c1C. The molecule has 0 aliphatic rings. The van der Waals surface area contributed by atoms with Crippen LogP contribution >= 0.6 is 0 Å². The Morgan fingerprint density at radius 1 is 1.28 bits per heavy atom. The zero-order valence-corrected chi connectivity index (χ0v) is 12.2. The number of ether oxygens (including phenoxy) is 1. The van der Waals surface area contributed by atoms with Crippen molar-refractivity contribution in [1.29, 1.82) is 0 Å². The molecule has 0 saturated heterocycles. The second kappa shape index (κ2) is 7.22. The summed E-state index contributed by atoms with van der Waals surface area (Å²) in [5, 5.41) is 3.40. The average molecular weight is 247 g/mol. The van der Waals surface area contributed by atoms with E-state index in [0.29, 0.717) is 6.04 Å². The van der Waals surface area contributed by atoms with Crippen LogP contribution in [0.3, 0.4) is 0 Å². The molecule has 0 unspecified atom stereocenters. The van der Waals surface area contributed by atoms with Crippen LogP contribution in [-0.2, 0) is 0 Å². The molecule has 18 heavy (non-hydrogen) atoms. The lowest BCUT2D eigenvalue weighted by atomic mass is 10.0. The second-order valence-electron chi connectivity index (χ2n) is 4.93. The fraction of sp³-hybridized carbons (Fsp3) is 0.500. The summed E-state index contributed by atoms with van der Waals surface area (Å²) < 4.78 is 5.49. The van der Waals surface area contributed by atoms with Crippen LogP contribution in [0.5, 0.6) is 5.75 Å². The van der Waals surface area contributed by atoms with Gasteiger partial charge < -0.3 is 10.1 Å². The maximum atomic E-state index is 5.49.